The highest BCUT2D eigenvalue weighted by Gasteiger charge is 2.48. The van der Waals surface area contributed by atoms with Gasteiger partial charge >= 0.3 is 11.7 Å². The summed E-state index contributed by atoms with van der Waals surface area (Å²) in [5.74, 6) is 0.125. The third kappa shape index (κ3) is 6.23. The first kappa shape index (κ1) is 31.2. The van der Waals surface area contributed by atoms with Crippen LogP contribution in [-0.2, 0) is 13.9 Å². The molecule has 0 spiro atoms. The highest BCUT2D eigenvalue weighted by molar-refractivity contribution is 9.10. The van der Waals surface area contributed by atoms with Crippen molar-refractivity contribution >= 4 is 41.1 Å². The maximum Gasteiger partial charge on any atom is 0.338 e. The maximum absolute atomic E-state index is 13.2. The number of aromatic amines is 1. The Balaban J connectivity index is 1.69. The summed E-state index contributed by atoms with van der Waals surface area (Å²) in [6, 6.07) is 11.8. The lowest BCUT2D eigenvalue weighted by Crippen LogP contribution is -2.50. The molecule has 1 aromatic heterocycles. The van der Waals surface area contributed by atoms with Gasteiger partial charge in [-0.25, -0.2) is 9.59 Å². The lowest BCUT2D eigenvalue weighted by atomic mass is 10.1. The second-order valence-corrected chi connectivity index (χ2v) is 17.8. The Kier molecular flexibility index (Phi) is 9.62. The highest BCUT2D eigenvalue weighted by atomic mass is 79.9. The van der Waals surface area contributed by atoms with E-state index in [4.69, 9.17) is 18.6 Å². The molecule has 41 heavy (non-hydrogen) atoms. The number of esters is 1. The number of H-pyrrole nitrogens is 1. The molecule has 0 radical (unpaired) electrons. The Hall–Kier alpha value is -2.73. The van der Waals surface area contributed by atoms with Crippen LogP contribution in [0.1, 0.15) is 64.5 Å². The number of benzene rings is 2. The fraction of sp³-hybridized carbons (Fsp3) is 0.500. The molecule has 0 unspecified atom stereocenters. The molecule has 1 saturated heterocycles. The van der Waals surface area contributed by atoms with Crippen LogP contribution in [0.2, 0.25) is 16.6 Å². The number of carbonyl (C=O) groups excluding carboxylic acids is 1. The summed E-state index contributed by atoms with van der Waals surface area (Å²) >= 11 is 3.40. The minimum atomic E-state index is -2.26. The predicted molar refractivity (Wildman–Crippen MR) is 164 cm³/mol. The average Bonchev–Trinajstić information content (AvgIpc) is 3.30. The van der Waals surface area contributed by atoms with Crippen molar-refractivity contribution in [1.82, 2.24) is 9.55 Å². The second kappa shape index (κ2) is 12.6. The molecule has 9 nitrogen and oxygen atoms in total. The van der Waals surface area contributed by atoms with Gasteiger partial charge in [0.15, 0.2) is 8.32 Å². The van der Waals surface area contributed by atoms with Gasteiger partial charge < -0.3 is 18.6 Å². The van der Waals surface area contributed by atoms with Crippen molar-refractivity contribution < 1.29 is 23.4 Å². The molecule has 1 N–H and O–H groups in total. The summed E-state index contributed by atoms with van der Waals surface area (Å²) in [4.78, 5) is 41.3. The van der Waals surface area contributed by atoms with Gasteiger partial charge in [0.05, 0.1) is 30.2 Å². The van der Waals surface area contributed by atoms with Gasteiger partial charge in [0, 0.05) is 10.9 Å². The van der Waals surface area contributed by atoms with E-state index >= 15 is 0 Å². The van der Waals surface area contributed by atoms with Gasteiger partial charge in [-0.05, 0) is 59.1 Å². The van der Waals surface area contributed by atoms with Crippen LogP contribution in [0, 0.1) is 0 Å². The van der Waals surface area contributed by atoms with E-state index in [2.05, 4.69) is 62.5 Å². The molecule has 1 fully saturated rings. The number of nitrogens with one attached hydrogen (secondary N) is 1. The lowest BCUT2D eigenvalue weighted by Gasteiger charge is -2.43. The average molecular weight is 648 g/mol. The zero-order valence-corrected chi connectivity index (χ0v) is 27.2. The van der Waals surface area contributed by atoms with Gasteiger partial charge in [-0.15, -0.1) is 0 Å². The van der Waals surface area contributed by atoms with Crippen LogP contribution >= 0.6 is 15.9 Å². The van der Waals surface area contributed by atoms with Crippen LogP contribution in [0.3, 0.4) is 0 Å². The Morgan fingerprint density at radius 2 is 1.68 bits per heavy atom. The van der Waals surface area contributed by atoms with E-state index in [1.807, 2.05) is 0 Å². The Bertz CT molecular complexity index is 1480. The molecule has 0 saturated carbocycles. The zero-order chi connectivity index (χ0) is 30.1. The van der Waals surface area contributed by atoms with E-state index in [1.54, 1.807) is 49.6 Å². The first-order valence-corrected chi connectivity index (χ1v) is 16.9. The van der Waals surface area contributed by atoms with Gasteiger partial charge in [-0.1, -0.05) is 57.5 Å². The monoisotopic (exact) mass is 646 g/mol. The van der Waals surface area contributed by atoms with E-state index in [1.165, 1.54) is 4.57 Å². The summed E-state index contributed by atoms with van der Waals surface area (Å²) in [5, 5.41) is 0.347. The van der Waals surface area contributed by atoms with E-state index in [-0.39, 0.29) is 13.0 Å². The fourth-order valence-corrected chi connectivity index (χ4v) is 12.1. The number of nitrogens with zero attached hydrogens (tertiary/aromatic N) is 1. The number of aromatic nitrogens is 2. The smallest absolute Gasteiger partial charge is 0.338 e. The summed E-state index contributed by atoms with van der Waals surface area (Å²) < 4.78 is 26.6. The minimum absolute atomic E-state index is 0.215. The van der Waals surface area contributed by atoms with Gasteiger partial charge in [0.25, 0.3) is 5.56 Å². The number of fused-ring (bicyclic) bond motifs is 1. The standard InChI is InChI=1S/C30H39BrN2O7Si/c1-17(2)41(18(3)4,19(5)6)38-16-26-25(40-29(35)20-8-11-22(37-7)12-9-20)15-27(39-26)33-24-13-10-21(31)14-23(24)28(34)32-30(33)36/h8-14,17-19,25-27H,15-16H2,1-7H3,(H,32,34,36)/t25-,26+,27+/m0/s1. The number of rotatable bonds is 10. The number of hydrogen-bond donors (Lipinski definition) is 1. The van der Waals surface area contributed by atoms with Crippen molar-refractivity contribution in [2.24, 2.45) is 0 Å². The summed E-state index contributed by atoms with van der Waals surface area (Å²) in [5.41, 5.74) is 0.790. The molecule has 0 aliphatic carbocycles. The Morgan fingerprint density at radius 3 is 2.27 bits per heavy atom. The van der Waals surface area contributed by atoms with Crippen LogP contribution < -0.4 is 16.0 Å². The molecule has 0 bridgehead atoms. The van der Waals surface area contributed by atoms with Crippen LogP contribution in [-0.4, -0.2) is 49.8 Å². The summed E-state index contributed by atoms with van der Waals surface area (Å²) in [6.07, 6.45) is -1.86. The Morgan fingerprint density at radius 1 is 1.05 bits per heavy atom. The molecule has 3 aromatic rings. The molecule has 4 rings (SSSR count). The molecular formula is C30H39BrN2O7Si. The van der Waals surface area contributed by atoms with Crippen molar-refractivity contribution in [1.29, 1.82) is 0 Å². The first-order valence-electron chi connectivity index (χ1n) is 14.0. The molecule has 3 atom stereocenters. The topological polar surface area (TPSA) is 109 Å². The molecular weight excluding hydrogens is 608 g/mol. The van der Waals surface area contributed by atoms with Crippen molar-refractivity contribution in [2.45, 2.75) is 83.0 Å². The second-order valence-electron chi connectivity index (χ2n) is 11.5. The molecule has 0 amide bonds. The third-order valence-corrected chi connectivity index (χ3v) is 14.7. The highest BCUT2D eigenvalue weighted by Crippen LogP contribution is 2.43. The lowest BCUT2D eigenvalue weighted by molar-refractivity contribution is -0.0490. The number of methoxy groups -OCH3 is 1. The SMILES string of the molecule is COc1ccc(C(=O)O[C@H]2C[C@H](n3c(=O)[nH]c(=O)c4cc(Br)ccc43)O[C@@H]2CO[Si](C(C)C)(C(C)C)C(C)C)cc1. The first-order chi connectivity index (χ1) is 19.4. The molecule has 1 aliphatic rings. The quantitative estimate of drug-likeness (QED) is 0.207. The van der Waals surface area contributed by atoms with Gasteiger partial charge in [-0.3, -0.25) is 14.3 Å². The van der Waals surface area contributed by atoms with Gasteiger partial charge in [0.2, 0.25) is 0 Å². The van der Waals surface area contributed by atoms with Crippen LogP contribution in [0.25, 0.3) is 10.9 Å². The van der Waals surface area contributed by atoms with Crippen molar-refractivity contribution in [3.05, 3.63) is 73.3 Å². The molecule has 2 aromatic carbocycles. The molecule has 222 valence electrons. The maximum atomic E-state index is 13.2. The van der Waals surface area contributed by atoms with Gasteiger partial charge in [-0.2, -0.15) is 0 Å². The number of halogens is 1. The minimum Gasteiger partial charge on any atom is -0.497 e. The van der Waals surface area contributed by atoms with Crippen molar-refractivity contribution in [3.63, 3.8) is 0 Å². The normalized spacial score (nSPS) is 19.4. The van der Waals surface area contributed by atoms with E-state index in [0.29, 0.717) is 43.3 Å². The summed E-state index contributed by atoms with van der Waals surface area (Å²) in [6.45, 7) is 13.4. The van der Waals surface area contributed by atoms with Gasteiger partial charge in [0.1, 0.15) is 24.2 Å². The summed E-state index contributed by atoms with van der Waals surface area (Å²) in [7, 11) is -0.705. The fourth-order valence-electron chi connectivity index (χ4n) is 6.31. The van der Waals surface area contributed by atoms with Crippen molar-refractivity contribution in [3.8, 4) is 5.75 Å². The molecule has 1 aliphatic heterocycles. The van der Waals surface area contributed by atoms with Crippen LogP contribution in [0.4, 0.5) is 0 Å². The Labute approximate surface area is 249 Å². The third-order valence-electron chi connectivity index (χ3n) is 8.16. The predicted octanol–water partition coefficient (Wildman–Crippen LogP) is 6.17. The zero-order valence-electron chi connectivity index (χ0n) is 24.6. The van der Waals surface area contributed by atoms with Crippen LogP contribution in [0.5, 0.6) is 5.75 Å². The number of ether oxygens (including phenoxy) is 3. The molecule has 2 heterocycles. The van der Waals surface area contributed by atoms with E-state index < -0.39 is 44.0 Å². The number of hydrogen-bond acceptors (Lipinski definition) is 7. The largest absolute Gasteiger partial charge is 0.497 e. The number of carbonyl (C=O) groups is 1. The van der Waals surface area contributed by atoms with E-state index in [9.17, 15) is 14.4 Å². The van der Waals surface area contributed by atoms with Crippen molar-refractivity contribution in [2.75, 3.05) is 13.7 Å². The van der Waals surface area contributed by atoms with Crippen LogP contribution in [0.15, 0.2) is 56.5 Å². The molecule has 11 heteroatoms. The van der Waals surface area contributed by atoms with E-state index in [0.717, 1.165) is 0 Å².